The van der Waals surface area contributed by atoms with Crippen molar-refractivity contribution in [3.05, 3.63) is 29.8 Å². The van der Waals surface area contributed by atoms with Gasteiger partial charge in [0.05, 0.1) is 0 Å². The molecule has 2 aliphatic rings. The maximum Gasteiger partial charge on any atom is 0.115 e. The van der Waals surface area contributed by atoms with E-state index in [1.165, 1.54) is 5.56 Å². The first-order valence-corrected chi connectivity index (χ1v) is 6.36. The number of nitrogens with two attached hydrogens (primary N) is 1. The molecule has 1 saturated carbocycles. The van der Waals surface area contributed by atoms with Gasteiger partial charge in [0.15, 0.2) is 0 Å². The first-order valence-electron chi connectivity index (χ1n) is 6.36. The quantitative estimate of drug-likeness (QED) is 0.821. The van der Waals surface area contributed by atoms with Crippen LogP contribution in [0.5, 0.6) is 5.75 Å². The maximum absolute atomic E-state index is 9.51. The SMILES string of the molecule is NC1(C2CCOCC2)CC1c1cccc(O)c1. The second-order valence-corrected chi connectivity index (χ2v) is 5.35. The van der Waals surface area contributed by atoms with Crippen molar-refractivity contribution >= 4 is 0 Å². The van der Waals surface area contributed by atoms with Gasteiger partial charge < -0.3 is 15.6 Å². The topological polar surface area (TPSA) is 55.5 Å². The molecule has 1 aromatic rings. The van der Waals surface area contributed by atoms with Crippen LogP contribution in [0.15, 0.2) is 24.3 Å². The Hall–Kier alpha value is -1.06. The van der Waals surface area contributed by atoms with Crippen LogP contribution in [0.3, 0.4) is 0 Å². The fraction of sp³-hybridized carbons (Fsp3) is 0.571. The minimum atomic E-state index is -0.0580. The van der Waals surface area contributed by atoms with Gasteiger partial charge in [-0.25, -0.2) is 0 Å². The Morgan fingerprint density at radius 1 is 1.29 bits per heavy atom. The van der Waals surface area contributed by atoms with Gasteiger partial charge in [0.25, 0.3) is 0 Å². The number of phenols is 1. The fourth-order valence-corrected chi connectivity index (χ4v) is 3.15. The Morgan fingerprint density at radius 3 is 2.76 bits per heavy atom. The van der Waals surface area contributed by atoms with E-state index in [-0.39, 0.29) is 5.54 Å². The van der Waals surface area contributed by atoms with E-state index in [0.29, 0.717) is 17.6 Å². The summed E-state index contributed by atoms with van der Waals surface area (Å²) in [6.45, 7) is 1.69. The van der Waals surface area contributed by atoms with Crippen molar-refractivity contribution in [3.8, 4) is 5.75 Å². The van der Waals surface area contributed by atoms with E-state index in [2.05, 4.69) is 6.07 Å². The molecule has 0 aromatic heterocycles. The van der Waals surface area contributed by atoms with Crippen molar-refractivity contribution < 1.29 is 9.84 Å². The summed E-state index contributed by atoms with van der Waals surface area (Å²) in [7, 11) is 0. The molecule has 2 atom stereocenters. The minimum absolute atomic E-state index is 0.0580. The first kappa shape index (κ1) is 11.1. The number of rotatable bonds is 2. The van der Waals surface area contributed by atoms with Crippen LogP contribution in [0.2, 0.25) is 0 Å². The zero-order chi connectivity index (χ0) is 11.9. The van der Waals surface area contributed by atoms with Crippen LogP contribution >= 0.6 is 0 Å². The zero-order valence-corrected chi connectivity index (χ0v) is 9.93. The average molecular weight is 233 g/mol. The summed E-state index contributed by atoms with van der Waals surface area (Å²) in [5, 5.41) is 9.51. The maximum atomic E-state index is 9.51. The van der Waals surface area contributed by atoms with Gasteiger partial charge in [0, 0.05) is 24.7 Å². The number of hydrogen-bond acceptors (Lipinski definition) is 3. The molecule has 2 fully saturated rings. The largest absolute Gasteiger partial charge is 0.508 e. The van der Waals surface area contributed by atoms with E-state index in [0.717, 1.165) is 32.5 Å². The predicted molar refractivity (Wildman–Crippen MR) is 65.9 cm³/mol. The van der Waals surface area contributed by atoms with Gasteiger partial charge in [-0.15, -0.1) is 0 Å². The van der Waals surface area contributed by atoms with E-state index in [1.807, 2.05) is 12.1 Å². The summed E-state index contributed by atoms with van der Waals surface area (Å²) in [6, 6.07) is 7.52. The molecule has 92 valence electrons. The van der Waals surface area contributed by atoms with E-state index in [9.17, 15) is 5.11 Å². The molecule has 3 rings (SSSR count). The Balaban J connectivity index is 1.75. The highest BCUT2D eigenvalue weighted by molar-refractivity contribution is 5.38. The Kier molecular flexibility index (Phi) is 2.60. The molecule has 1 aliphatic carbocycles. The van der Waals surface area contributed by atoms with Crippen LogP contribution in [-0.4, -0.2) is 23.9 Å². The van der Waals surface area contributed by atoms with Crippen molar-refractivity contribution in [1.82, 2.24) is 0 Å². The Bertz CT molecular complexity index is 414. The number of phenolic OH excluding ortho intramolecular Hbond substituents is 1. The van der Waals surface area contributed by atoms with E-state index < -0.39 is 0 Å². The summed E-state index contributed by atoms with van der Waals surface area (Å²) in [5.74, 6) is 1.32. The first-order chi connectivity index (χ1) is 8.20. The summed E-state index contributed by atoms with van der Waals surface area (Å²) in [5.41, 5.74) is 7.63. The number of aromatic hydroxyl groups is 1. The third kappa shape index (κ3) is 1.94. The molecule has 0 spiro atoms. The molecule has 0 amide bonds. The van der Waals surface area contributed by atoms with Crippen LogP contribution in [-0.2, 0) is 4.74 Å². The van der Waals surface area contributed by atoms with E-state index in [4.69, 9.17) is 10.5 Å². The fourth-order valence-electron chi connectivity index (χ4n) is 3.15. The third-order valence-electron chi connectivity index (χ3n) is 4.30. The van der Waals surface area contributed by atoms with Gasteiger partial charge in [0.2, 0.25) is 0 Å². The molecule has 2 unspecified atom stereocenters. The predicted octanol–water partition coefficient (Wildman–Crippen LogP) is 2.00. The molecular formula is C14H19NO2. The number of hydrogen-bond donors (Lipinski definition) is 2. The standard InChI is InChI=1S/C14H19NO2/c15-14(11-4-6-17-7-5-11)9-13(14)10-2-1-3-12(16)8-10/h1-3,8,11,13,16H,4-7,9,15H2. The summed E-state index contributed by atoms with van der Waals surface area (Å²) in [6.07, 6.45) is 3.19. The lowest BCUT2D eigenvalue weighted by molar-refractivity contribution is 0.0544. The summed E-state index contributed by atoms with van der Waals surface area (Å²) >= 11 is 0. The van der Waals surface area contributed by atoms with Crippen molar-refractivity contribution in [1.29, 1.82) is 0 Å². The van der Waals surface area contributed by atoms with Gasteiger partial charge in [-0.3, -0.25) is 0 Å². The molecular weight excluding hydrogens is 214 g/mol. The molecule has 3 nitrogen and oxygen atoms in total. The van der Waals surface area contributed by atoms with Crippen molar-refractivity contribution in [3.63, 3.8) is 0 Å². The van der Waals surface area contributed by atoms with Gasteiger partial charge >= 0.3 is 0 Å². The van der Waals surface area contributed by atoms with Gasteiger partial charge in [-0.2, -0.15) is 0 Å². The molecule has 3 heteroatoms. The lowest BCUT2D eigenvalue weighted by Crippen LogP contribution is -2.38. The van der Waals surface area contributed by atoms with Crippen molar-refractivity contribution in [2.24, 2.45) is 11.7 Å². The highest BCUT2D eigenvalue weighted by Crippen LogP contribution is 2.56. The summed E-state index contributed by atoms with van der Waals surface area (Å²) < 4.78 is 5.39. The number of ether oxygens (including phenoxy) is 1. The highest BCUT2D eigenvalue weighted by Gasteiger charge is 2.56. The molecule has 1 heterocycles. The van der Waals surface area contributed by atoms with Crippen molar-refractivity contribution in [2.45, 2.75) is 30.7 Å². The molecule has 1 aromatic carbocycles. The molecule has 17 heavy (non-hydrogen) atoms. The van der Waals surface area contributed by atoms with Crippen LogP contribution < -0.4 is 5.73 Å². The van der Waals surface area contributed by atoms with Gasteiger partial charge in [-0.1, -0.05) is 12.1 Å². The molecule has 1 saturated heterocycles. The van der Waals surface area contributed by atoms with Crippen molar-refractivity contribution in [2.75, 3.05) is 13.2 Å². The molecule has 3 N–H and O–H groups in total. The average Bonchev–Trinajstić information content (AvgIpc) is 3.05. The van der Waals surface area contributed by atoms with Gasteiger partial charge in [-0.05, 0) is 42.9 Å². The summed E-state index contributed by atoms with van der Waals surface area (Å²) in [4.78, 5) is 0. The molecule has 0 bridgehead atoms. The molecule has 0 radical (unpaired) electrons. The zero-order valence-electron chi connectivity index (χ0n) is 9.93. The Morgan fingerprint density at radius 2 is 2.06 bits per heavy atom. The lowest BCUT2D eigenvalue weighted by Gasteiger charge is -2.28. The van der Waals surface area contributed by atoms with Crippen LogP contribution in [0.1, 0.15) is 30.7 Å². The number of benzene rings is 1. The highest BCUT2D eigenvalue weighted by atomic mass is 16.5. The second-order valence-electron chi connectivity index (χ2n) is 5.35. The van der Waals surface area contributed by atoms with Crippen LogP contribution in [0.4, 0.5) is 0 Å². The van der Waals surface area contributed by atoms with Crippen LogP contribution in [0, 0.1) is 5.92 Å². The van der Waals surface area contributed by atoms with Crippen LogP contribution in [0.25, 0.3) is 0 Å². The van der Waals surface area contributed by atoms with E-state index in [1.54, 1.807) is 6.07 Å². The minimum Gasteiger partial charge on any atom is -0.508 e. The Labute approximate surface area is 102 Å². The smallest absolute Gasteiger partial charge is 0.115 e. The third-order valence-corrected chi connectivity index (χ3v) is 4.30. The monoisotopic (exact) mass is 233 g/mol. The van der Waals surface area contributed by atoms with Gasteiger partial charge in [0.1, 0.15) is 5.75 Å². The molecule has 1 aliphatic heterocycles. The lowest BCUT2D eigenvalue weighted by atomic mass is 9.87. The normalized spacial score (nSPS) is 33.6. The van der Waals surface area contributed by atoms with E-state index >= 15 is 0 Å². The second kappa shape index (κ2) is 4.00.